The molecule has 0 heterocycles. The Morgan fingerprint density at radius 2 is 1.44 bits per heavy atom. The van der Waals surface area contributed by atoms with E-state index in [9.17, 15) is 5.11 Å². The molecule has 1 fully saturated rings. The smallest absolute Gasteiger partial charge is 0.0778 e. The van der Waals surface area contributed by atoms with Gasteiger partial charge in [0.2, 0.25) is 0 Å². The predicted octanol–water partition coefficient (Wildman–Crippen LogP) is 4.99. The first-order valence-corrected chi connectivity index (χ1v) is 8.25. The third-order valence-corrected chi connectivity index (χ3v) is 4.80. The van der Waals surface area contributed by atoms with Gasteiger partial charge in [-0.2, -0.15) is 0 Å². The molecule has 1 nitrogen and oxygen atoms in total. The van der Waals surface area contributed by atoms with E-state index in [1.54, 1.807) is 0 Å². The van der Waals surface area contributed by atoms with Gasteiger partial charge in [0, 0.05) is 0 Å². The Balaban J connectivity index is 1.91. The zero-order valence-corrected chi connectivity index (χ0v) is 11.9. The van der Waals surface area contributed by atoms with Gasteiger partial charge >= 0.3 is 0 Å². The highest BCUT2D eigenvalue weighted by molar-refractivity contribution is 5.10. The largest absolute Gasteiger partial charge is 0.388 e. The van der Waals surface area contributed by atoms with Crippen LogP contribution in [0.5, 0.6) is 0 Å². The average Bonchev–Trinajstić information content (AvgIpc) is 2.27. The molecule has 1 unspecified atom stereocenters. The third-order valence-electron chi connectivity index (χ3n) is 4.80. The van der Waals surface area contributed by atoms with Gasteiger partial charge in [0.25, 0.3) is 0 Å². The SMILES string of the molecule is OC(C1=CCCCCCC1)C1CCCCCCC1. The van der Waals surface area contributed by atoms with Crippen LogP contribution in [0, 0.1) is 5.92 Å². The van der Waals surface area contributed by atoms with Crippen LogP contribution in [0.1, 0.15) is 83.5 Å². The molecule has 1 atom stereocenters. The Kier molecular flexibility index (Phi) is 6.26. The van der Waals surface area contributed by atoms with Crippen molar-refractivity contribution in [2.45, 2.75) is 89.6 Å². The molecule has 0 radical (unpaired) electrons. The molecule has 1 heteroatoms. The van der Waals surface area contributed by atoms with Gasteiger partial charge in [0.05, 0.1) is 6.10 Å². The number of hydrogen-bond donors (Lipinski definition) is 1. The van der Waals surface area contributed by atoms with E-state index in [0.29, 0.717) is 5.92 Å². The summed E-state index contributed by atoms with van der Waals surface area (Å²) in [4.78, 5) is 0. The van der Waals surface area contributed by atoms with Gasteiger partial charge in [0.1, 0.15) is 0 Å². The van der Waals surface area contributed by atoms with Crippen LogP contribution in [0.15, 0.2) is 11.6 Å². The van der Waals surface area contributed by atoms with Crippen LogP contribution in [0.2, 0.25) is 0 Å². The van der Waals surface area contributed by atoms with E-state index in [1.165, 1.54) is 82.6 Å². The van der Waals surface area contributed by atoms with Crippen molar-refractivity contribution in [3.05, 3.63) is 11.6 Å². The van der Waals surface area contributed by atoms with Crippen LogP contribution >= 0.6 is 0 Å². The zero-order valence-electron chi connectivity index (χ0n) is 11.9. The summed E-state index contributed by atoms with van der Waals surface area (Å²) >= 11 is 0. The maximum atomic E-state index is 10.7. The van der Waals surface area contributed by atoms with Gasteiger partial charge in [-0.1, -0.05) is 51.0 Å². The summed E-state index contributed by atoms with van der Waals surface area (Å²) in [5, 5.41) is 10.7. The highest BCUT2D eigenvalue weighted by Gasteiger charge is 2.23. The standard InChI is InChI=1S/C17H30O/c18-17(15-11-7-3-1-4-8-12-15)16-13-9-5-2-6-10-14-16/h11,16-18H,1-10,12-14H2. The van der Waals surface area contributed by atoms with Crippen molar-refractivity contribution in [2.24, 2.45) is 5.92 Å². The molecule has 104 valence electrons. The first-order valence-electron chi connectivity index (χ1n) is 8.25. The molecule has 2 aliphatic carbocycles. The van der Waals surface area contributed by atoms with Gasteiger partial charge in [-0.05, 0) is 50.0 Å². The summed E-state index contributed by atoms with van der Waals surface area (Å²) in [5.74, 6) is 0.552. The van der Waals surface area contributed by atoms with E-state index in [-0.39, 0.29) is 6.10 Å². The van der Waals surface area contributed by atoms with Crippen LogP contribution in [0.25, 0.3) is 0 Å². The second-order valence-electron chi connectivity index (χ2n) is 6.28. The summed E-state index contributed by atoms with van der Waals surface area (Å²) in [6.45, 7) is 0. The highest BCUT2D eigenvalue weighted by atomic mass is 16.3. The lowest BCUT2D eigenvalue weighted by molar-refractivity contribution is 0.118. The third kappa shape index (κ3) is 4.42. The molecule has 2 rings (SSSR count). The lowest BCUT2D eigenvalue weighted by Gasteiger charge is -2.27. The molecule has 1 saturated carbocycles. The second-order valence-corrected chi connectivity index (χ2v) is 6.28. The van der Waals surface area contributed by atoms with Crippen molar-refractivity contribution < 1.29 is 5.11 Å². The van der Waals surface area contributed by atoms with Crippen molar-refractivity contribution in [3.8, 4) is 0 Å². The van der Waals surface area contributed by atoms with Gasteiger partial charge in [-0.3, -0.25) is 0 Å². The lowest BCUT2D eigenvalue weighted by atomic mass is 9.82. The van der Waals surface area contributed by atoms with E-state index in [0.717, 1.165) is 6.42 Å². The van der Waals surface area contributed by atoms with Crippen LogP contribution in [0.3, 0.4) is 0 Å². The summed E-state index contributed by atoms with van der Waals surface area (Å²) in [6.07, 6.45) is 19.2. The molecule has 0 saturated heterocycles. The van der Waals surface area contributed by atoms with Crippen molar-refractivity contribution in [1.82, 2.24) is 0 Å². The Morgan fingerprint density at radius 3 is 2.22 bits per heavy atom. The second kappa shape index (κ2) is 7.99. The van der Waals surface area contributed by atoms with E-state index >= 15 is 0 Å². The molecule has 0 aromatic rings. The number of allylic oxidation sites excluding steroid dienone is 1. The molecular weight excluding hydrogens is 220 g/mol. The minimum absolute atomic E-state index is 0.124. The van der Waals surface area contributed by atoms with Crippen molar-refractivity contribution in [2.75, 3.05) is 0 Å². The molecule has 2 aliphatic rings. The molecule has 0 spiro atoms. The Labute approximate surface area is 113 Å². The molecule has 0 amide bonds. The number of aliphatic hydroxyl groups is 1. The van der Waals surface area contributed by atoms with Crippen LogP contribution in [-0.2, 0) is 0 Å². The van der Waals surface area contributed by atoms with Gasteiger partial charge < -0.3 is 5.11 Å². The molecule has 18 heavy (non-hydrogen) atoms. The molecular formula is C17H30O. The maximum Gasteiger partial charge on any atom is 0.0778 e. The zero-order chi connectivity index (χ0) is 12.6. The van der Waals surface area contributed by atoms with Gasteiger partial charge in [0.15, 0.2) is 0 Å². The van der Waals surface area contributed by atoms with E-state index < -0.39 is 0 Å². The summed E-state index contributed by atoms with van der Waals surface area (Å²) < 4.78 is 0. The van der Waals surface area contributed by atoms with Crippen LogP contribution in [-0.4, -0.2) is 11.2 Å². The number of rotatable bonds is 2. The lowest BCUT2D eigenvalue weighted by Crippen LogP contribution is -2.24. The van der Waals surface area contributed by atoms with Crippen LogP contribution in [0.4, 0.5) is 0 Å². The topological polar surface area (TPSA) is 20.2 Å². The summed E-state index contributed by atoms with van der Waals surface area (Å²) in [6, 6.07) is 0. The first-order chi connectivity index (χ1) is 8.88. The van der Waals surface area contributed by atoms with Crippen molar-refractivity contribution in [3.63, 3.8) is 0 Å². The molecule has 1 N–H and O–H groups in total. The Hall–Kier alpha value is -0.300. The van der Waals surface area contributed by atoms with Crippen LogP contribution < -0.4 is 0 Å². The molecule has 0 aromatic carbocycles. The number of hydrogen-bond acceptors (Lipinski definition) is 1. The van der Waals surface area contributed by atoms with Crippen molar-refractivity contribution in [1.29, 1.82) is 0 Å². The first kappa shape index (κ1) is 14.1. The molecule has 0 aliphatic heterocycles. The fourth-order valence-corrected chi connectivity index (χ4v) is 3.59. The fraction of sp³-hybridized carbons (Fsp3) is 0.882. The normalized spacial score (nSPS) is 26.4. The maximum absolute atomic E-state index is 10.7. The summed E-state index contributed by atoms with van der Waals surface area (Å²) in [5.41, 5.74) is 1.38. The highest BCUT2D eigenvalue weighted by Crippen LogP contribution is 2.30. The minimum atomic E-state index is -0.124. The van der Waals surface area contributed by atoms with Crippen molar-refractivity contribution >= 4 is 0 Å². The quantitative estimate of drug-likeness (QED) is 0.685. The van der Waals surface area contributed by atoms with E-state index in [4.69, 9.17) is 0 Å². The Bertz CT molecular complexity index is 248. The van der Waals surface area contributed by atoms with E-state index in [1.807, 2.05) is 0 Å². The fourth-order valence-electron chi connectivity index (χ4n) is 3.59. The van der Waals surface area contributed by atoms with E-state index in [2.05, 4.69) is 6.08 Å². The Morgan fingerprint density at radius 1 is 0.833 bits per heavy atom. The number of aliphatic hydroxyl groups excluding tert-OH is 1. The van der Waals surface area contributed by atoms with Gasteiger partial charge in [-0.15, -0.1) is 0 Å². The minimum Gasteiger partial charge on any atom is -0.388 e. The van der Waals surface area contributed by atoms with Gasteiger partial charge in [-0.25, -0.2) is 0 Å². The average molecular weight is 250 g/mol. The molecule has 0 bridgehead atoms. The summed E-state index contributed by atoms with van der Waals surface area (Å²) in [7, 11) is 0. The monoisotopic (exact) mass is 250 g/mol. The molecule has 0 aromatic heterocycles. The predicted molar refractivity (Wildman–Crippen MR) is 77.6 cm³/mol.